The minimum absolute atomic E-state index is 0.102. The quantitative estimate of drug-likeness (QED) is 0.647. The minimum atomic E-state index is 0.102. The first kappa shape index (κ1) is 14.7. The number of anilines is 1. The number of hydrogen-bond donors (Lipinski definition) is 1. The number of hydrogen-bond acceptors (Lipinski definition) is 3. The summed E-state index contributed by atoms with van der Waals surface area (Å²) in [4.78, 5) is 4.85. The van der Waals surface area contributed by atoms with Gasteiger partial charge < -0.3 is 5.32 Å². The second kappa shape index (κ2) is 6.13. The van der Waals surface area contributed by atoms with Crippen molar-refractivity contribution in [3.8, 4) is 0 Å². The maximum Gasteiger partial charge on any atom is 0.161 e. The molecule has 2 nitrogen and oxygen atoms in total. The Morgan fingerprint density at radius 3 is 3.06 bits per heavy atom. The number of thioether (sulfide) groups is 1. The van der Waals surface area contributed by atoms with Gasteiger partial charge in [0.2, 0.25) is 0 Å². The fourth-order valence-corrected chi connectivity index (χ4v) is 3.76. The lowest BCUT2D eigenvalue weighted by Gasteiger charge is -2.29. The smallest absolute Gasteiger partial charge is 0.161 e. The molecule has 1 aliphatic heterocycles. The van der Waals surface area contributed by atoms with Crippen LogP contribution in [0.2, 0.25) is 0 Å². The number of rotatable bonds is 2. The van der Waals surface area contributed by atoms with Crippen LogP contribution in [0.25, 0.3) is 0 Å². The first-order chi connectivity index (χ1) is 8.52. The zero-order valence-corrected chi connectivity index (χ0v) is 15.0. The Hall–Kier alpha value is 0.250. The molecule has 2 rings (SSSR count). The van der Waals surface area contributed by atoms with Gasteiger partial charge >= 0.3 is 0 Å². The van der Waals surface area contributed by atoms with Gasteiger partial charge in [0.1, 0.15) is 0 Å². The molecule has 0 amide bonds. The zero-order chi connectivity index (χ0) is 13.2. The van der Waals surface area contributed by atoms with Crippen LogP contribution in [0, 0.1) is 3.57 Å². The Morgan fingerprint density at radius 2 is 2.33 bits per heavy atom. The summed E-state index contributed by atoms with van der Waals surface area (Å²) >= 11 is 7.66. The predicted octanol–water partition coefficient (Wildman–Crippen LogP) is 5.13. The largest absolute Gasteiger partial charge is 0.334 e. The molecule has 1 aliphatic rings. The van der Waals surface area contributed by atoms with Gasteiger partial charge in [-0.15, -0.1) is 0 Å². The van der Waals surface area contributed by atoms with Gasteiger partial charge in [-0.05, 0) is 60.6 Å². The number of nitrogens with zero attached hydrogens (tertiary/aromatic N) is 1. The van der Waals surface area contributed by atoms with E-state index in [1.165, 1.54) is 3.57 Å². The normalized spacial score (nSPS) is 23.7. The molecule has 18 heavy (non-hydrogen) atoms. The highest BCUT2D eigenvalue weighted by Gasteiger charge is 2.26. The summed E-state index contributed by atoms with van der Waals surface area (Å²) in [6.45, 7) is 4.44. The van der Waals surface area contributed by atoms with Crippen molar-refractivity contribution in [1.82, 2.24) is 0 Å². The summed E-state index contributed by atoms with van der Waals surface area (Å²) in [7, 11) is 0. The second-order valence-corrected chi connectivity index (χ2v) is 7.78. The van der Waals surface area contributed by atoms with E-state index >= 15 is 0 Å². The molecule has 1 heterocycles. The monoisotopic (exact) mass is 438 g/mol. The standard InChI is InChI=1S/C13H16BrIN2S/c1-3-13(2)6-7-18-12(17-13)16-11-8-9(14)4-5-10(11)15/h4-5,8H,3,6-7H2,1-2H3,(H,16,17). The summed E-state index contributed by atoms with van der Waals surface area (Å²) in [6, 6.07) is 6.25. The Morgan fingerprint density at radius 1 is 1.56 bits per heavy atom. The maximum absolute atomic E-state index is 4.85. The van der Waals surface area contributed by atoms with E-state index < -0.39 is 0 Å². The van der Waals surface area contributed by atoms with E-state index in [1.54, 1.807) is 0 Å². The molecule has 98 valence electrons. The molecule has 0 saturated heterocycles. The van der Waals surface area contributed by atoms with Gasteiger partial charge in [-0.1, -0.05) is 34.6 Å². The van der Waals surface area contributed by atoms with E-state index in [4.69, 9.17) is 4.99 Å². The molecule has 1 N–H and O–H groups in total. The second-order valence-electron chi connectivity index (χ2n) is 4.62. The SMILES string of the molecule is CCC1(C)CCSC(Nc2cc(Br)ccc2I)=N1. The van der Waals surface area contributed by atoms with Crippen molar-refractivity contribution in [2.75, 3.05) is 11.1 Å². The molecule has 0 aliphatic carbocycles. The summed E-state index contributed by atoms with van der Waals surface area (Å²) in [6.07, 6.45) is 2.25. The zero-order valence-electron chi connectivity index (χ0n) is 10.5. The van der Waals surface area contributed by atoms with Gasteiger partial charge in [-0.2, -0.15) is 0 Å². The first-order valence-corrected chi connectivity index (χ1v) is 8.83. The lowest BCUT2D eigenvalue weighted by Crippen LogP contribution is -2.29. The molecule has 1 atom stereocenters. The highest BCUT2D eigenvalue weighted by molar-refractivity contribution is 14.1. The van der Waals surface area contributed by atoms with Crippen LogP contribution in [0.15, 0.2) is 27.7 Å². The summed E-state index contributed by atoms with van der Waals surface area (Å²) in [5.74, 6) is 1.14. The van der Waals surface area contributed by atoms with Crippen LogP contribution in [-0.2, 0) is 0 Å². The van der Waals surface area contributed by atoms with Gasteiger partial charge in [0.25, 0.3) is 0 Å². The molecule has 0 bridgehead atoms. The van der Waals surface area contributed by atoms with Gasteiger partial charge in [-0.3, -0.25) is 4.99 Å². The summed E-state index contributed by atoms with van der Waals surface area (Å²) in [5, 5.41) is 4.50. The van der Waals surface area contributed by atoms with Crippen LogP contribution in [0.3, 0.4) is 0 Å². The molecule has 0 spiro atoms. The van der Waals surface area contributed by atoms with E-state index in [0.29, 0.717) is 0 Å². The Bertz CT molecular complexity index is 478. The van der Waals surface area contributed by atoms with Crippen molar-refractivity contribution in [3.05, 3.63) is 26.2 Å². The van der Waals surface area contributed by atoms with Crippen LogP contribution in [0.4, 0.5) is 5.69 Å². The topological polar surface area (TPSA) is 24.4 Å². The van der Waals surface area contributed by atoms with Gasteiger partial charge in [0, 0.05) is 13.8 Å². The number of nitrogens with one attached hydrogen (secondary N) is 1. The predicted molar refractivity (Wildman–Crippen MR) is 93.7 cm³/mol. The van der Waals surface area contributed by atoms with Crippen molar-refractivity contribution in [1.29, 1.82) is 0 Å². The lowest BCUT2D eigenvalue weighted by molar-refractivity contribution is 0.443. The molecule has 1 aromatic carbocycles. The van der Waals surface area contributed by atoms with Crippen molar-refractivity contribution >= 4 is 61.1 Å². The van der Waals surface area contributed by atoms with Crippen LogP contribution in [-0.4, -0.2) is 16.5 Å². The van der Waals surface area contributed by atoms with Gasteiger partial charge in [-0.25, -0.2) is 0 Å². The van der Waals surface area contributed by atoms with Gasteiger partial charge in [0.15, 0.2) is 5.17 Å². The third kappa shape index (κ3) is 3.63. The van der Waals surface area contributed by atoms with Crippen molar-refractivity contribution in [2.45, 2.75) is 32.2 Å². The maximum atomic E-state index is 4.85. The summed E-state index contributed by atoms with van der Waals surface area (Å²) in [5.41, 5.74) is 1.22. The van der Waals surface area contributed by atoms with Crippen LogP contribution >= 0.6 is 50.3 Å². The van der Waals surface area contributed by atoms with E-state index in [1.807, 2.05) is 11.8 Å². The first-order valence-electron chi connectivity index (χ1n) is 5.97. The molecular weight excluding hydrogens is 423 g/mol. The average Bonchev–Trinajstić information content (AvgIpc) is 2.34. The highest BCUT2D eigenvalue weighted by Crippen LogP contribution is 2.31. The molecule has 5 heteroatoms. The number of halogens is 2. The fourth-order valence-electron chi connectivity index (χ4n) is 1.73. The summed E-state index contributed by atoms with van der Waals surface area (Å²) < 4.78 is 2.30. The molecule has 0 radical (unpaired) electrons. The number of amidine groups is 1. The molecule has 1 unspecified atom stereocenters. The average molecular weight is 439 g/mol. The highest BCUT2D eigenvalue weighted by atomic mass is 127. The molecule has 0 saturated carbocycles. The molecule has 1 aromatic rings. The van der Waals surface area contributed by atoms with Crippen LogP contribution in [0.5, 0.6) is 0 Å². The number of benzene rings is 1. The van der Waals surface area contributed by atoms with Crippen molar-refractivity contribution in [2.24, 2.45) is 4.99 Å². The molecule has 0 aromatic heterocycles. The Kier molecular flexibility index (Phi) is 4.99. The molecular formula is C13H16BrIN2S. The molecule has 0 fully saturated rings. The van der Waals surface area contributed by atoms with Crippen LogP contribution < -0.4 is 5.32 Å². The third-order valence-electron chi connectivity index (χ3n) is 3.18. The Balaban J connectivity index is 2.21. The number of aliphatic imine (C=N–C) groups is 1. The van der Waals surface area contributed by atoms with E-state index in [9.17, 15) is 0 Å². The minimum Gasteiger partial charge on any atom is -0.334 e. The fraction of sp³-hybridized carbons (Fsp3) is 0.462. The van der Waals surface area contributed by atoms with E-state index in [-0.39, 0.29) is 5.54 Å². The van der Waals surface area contributed by atoms with Crippen LogP contribution in [0.1, 0.15) is 26.7 Å². The van der Waals surface area contributed by atoms with E-state index in [2.05, 4.69) is 75.9 Å². The van der Waals surface area contributed by atoms with E-state index in [0.717, 1.165) is 33.9 Å². The lowest BCUT2D eigenvalue weighted by atomic mass is 9.97. The Labute approximate surface area is 135 Å². The van der Waals surface area contributed by atoms with Gasteiger partial charge in [0.05, 0.1) is 11.2 Å². The van der Waals surface area contributed by atoms with Crippen molar-refractivity contribution in [3.63, 3.8) is 0 Å². The van der Waals surface area contributed by atoms with Crippen molar-refractivity contribution < 1.29 is 0 Å². The third-order valence-corrected chi connectivity index (χ3v) is 5.49.